The Balaban J connectivity index is 3.82. The highest BCUT2D eigenvalue weighted by atomic mass is 16.4. The molecule has 0 fully saturated rings. The van der Waals surface area contributed by atoms with Crippen molar-refractivity contribution >= 4 is 5.97 Å². The molecule has 0 saturated carbocycles. The van der Waals surface area contributed by atoms with E-state index in [1.807, 2.05) is 6.92 Å². The van der Waals surface area contributed by atoms with Gasteiger partial charge in [-0.2, -0.15) is 0 Å². The Bertz CT molecular complexity index is 184. The summed E-state index contributed by atoms with van der Waals surface area (Å²) in [7, 11) is 0. The van der Waals surface area contributed by atoms with Crippen LogP contribution in [0.15, 0.2) is 0 Å². The van der Waals surface area contributed by atoms with Crippen molar-refractivity contribution in [2.45, 2.75) is 59.5 Å². The van der Waals surface area contributed by atoms with E-state index in [-0.39, 0.29) is 17.9 Å². The Hall–Kier alpha value is -0.570. The molecule has 2 N–H and O–H groups in total. The van der Waals surface area contributed by atoms with Crippen LogP contribution in [-0.4, -0.2) is 23.2 Å². The Morgan fingerprint density at radius 1 is 1.36 bits per heavy atom. The fourth-order valence-electron chi connectivity index (χ4n) is 1.10. The SMILES string of the molecule is CC(CCC(=O)O)NC(C)C(C)(C)C. The average molecular weight is 201 g/mol. The number of nitrogens with one attached hydrogen (secondary N) is 1. The zero-order valence-electron chi connectivity index (χ0n) is 9.92. The second-order valence-corrected chi connectivity index (χ2v) is 5.09. The van der Waals surface area contributed by atoms with E-state index in [0.717, 1.165) is 0 Å². The molecule has 0 saturated heterocycles. The minimum absolute atomic E-state index is 0.220. The van der Waals surface area contributed by atoms with Crippen molar-refractivity contribution in [3.63, 3.8) is 0 Å². The molecule has 14 heavy (non-hydrogen) atoms. The van der Waals surface area contributed by atoms with Crippen LogP contribution in [0.2, 0.25) is 0 Å². The van der Waals surface area contributed by atoms with Gasteiger partial charge in [0, 0.05) is 18.5 Å². The van der Waals surface area contributed by atoms with Gasteiger partial charge in [0.2, 0.25) is 0 Å². The summed E-state index contributed by atoms with van der Waals surface area (Å²) in [5.41, 5.74) is 0.220. The van der Waals surface area contributed by atoms with Gasteiger partial charge in [0.15, 0.2) is 0 Å². The van der Waals surface area contributed by atoms with Gasteiger partial charge in [-0.1, -0.05) is 20.8 Å². The minimum atomic E-state index is -0.720. The van der Waals surface area contributed by atoms with E-state index in [1.54, 1.807) is 0 Å². The van der Waals surface area contributed by atoms with Crippen LogP contribution in [0.1, 0.15) is 47.5 Å². The van der Waals surface area contributed by atoms with Crippen molar-refractivity contribution in [1.29, 1.82) is 0 Å². The third kappa shape index (κ3) is 5.97. The first-order chi connectivity index (χ1) is 6.23. The number of carboxylic acids is 1. The second kappa shape index (κ2) is 5.35. The Labute approximate surface area is 86.9 Å². The smallest absolute Gasteiger partial charge is 0.303 e. The summed E-state index contributed by atoms with van der Waals surface area (Å²) in [5, 5.41) is 11.9. The molecule has 0 radical (unpaired) electrons. The van der Waals surface area contributed by atoms with E-state index in [4.69, 9.17) is 5.11 Å². The molecule has 0 aliphatic carbocycles. The Kier molecular flexibility index (Phi) is 5.13. The van der Waals surface area contributed by atoms with Gasteiger partial charge in [-0.05, 0) is 25.7 Å². The fraction of sp³-hybridized carbons (Fsp3) is 0.909. The highest BCUT2D eigenvalue weighted by molar-refractivity contribution is 5.66. The van der Waals surface area contributed by atoms with Gasteiger partial charge in [0.1, 0.15) is 0 Å². The van der Waals surface area contributed by atoms with Crippen LogP contribution in [0, 0.1) is 5.41 Å². The number of carboxylic acid groups (broad SMARTS) is 1. The predicted molar refractivity (Wildman–Crippen MR) is 58.4 cm³/mol. The number of hydrogen-bond acceptors (Lipinski definition) is 2. The fourth-order valence-corrected chi connectivity index (χ4v) is 1.10. The molecule has 84 valence electrons. The number of aliphatic carboxylic acids is 1. The van der Waals surface area contributed by atoms with Crippen molar-refractivity contribution in [3.8, 4) is 0 Å². The van der Waals surface area contributed by atoms with Crippen molar-refractivity contribution in [2.24, 2.45) is 5.41 Å². The minimum Gasteiger partial charge on any atom is -0.481 e. The summed E-state index contributed by atoms with van der Waals surface area (Å²) in [4.78, 5) is 10.4. The summed E-state index contributed by atoms with van der Waals surface area (Å²) in [6, 6.07) is 0.659. The summed E-state index contributed by atoms with van der Waals surface area (Å²) >= 11 is 0. The molecular formula is C11H23NO2. The first kappa shape index (κ1) is 13.4. The van der Waals surface area contributed by atoms with Crippen LogP contribution in [0.25, 0.3) is 0 Å². The van der Waals surface area contributed by atoms with Gasteiger partial charge in [0.25, 0.3) is 0 Å². The largest absolute Gasteiger partial charge is 0.481 e. The topological polar surface area (TPSA) is 49.3 Å². The van der Waals surface area contributed by atoms with Crippen LogP contribution < -0.4 is 5.32 Å². The van der Waals surface area contributed by atoms with E-state index in [9.17, 15) is 4.79 Å². The molecule has 0 bridgehead atoms. The maximum atomic E-state index is 10.4. The molecule has 0 aliphatic rings. The van der Waals surface area contributed by atoms with E-state index in [1.165, 1.54) is 0 Å². The summed E-state index contributed by atoms with van der Waals surface area (Å²) < 4.78 is 0. The molecule has 0 aromatic rings. The van der Waals surface area contributed by atoms with Gasteiger partial charge in [0.05, 0.1) is 0 Å². The second-order valence-electron chi connectivity index (χ2n) is 5.09. The lowest BCUT2D eigenvalue weighted by Crippen LogP contribution is -2.42. The summed E-state index contributed by atoms with van der Waals surface area (Å²) in [6.07, 6.45) is 0.931. The van der Waals surface area contributed by atoms with Gasteiger partial charge in [-0.3, -0.25) is 4.79 Å². The number of carbonyl (C=O) groups is 1. The normalized spacial score (nSPS) is 16.4. The first-order valence-corrected chi connectivity index (χ1v) is 5.21. The van der Waals surface area contributed by atoms with Crippen LogP contribution in [0.5, 0.6) is 0 Å². The van der Waals surface area contributed by atoms with Crippen molar-refractivity contribution in [3.05, 3.63) is 0 Å². The van der Waals surface area contributed by atoms with E-state index in [2.05, 4.69) is 33.0 Å². The van der Waals surface area contributed by atoms with Crippen LogP contribution in [-0.2, 0) is 4.79 Å². The molecule has 2 unspecified atom stereocenters. The van der Waals surface area contributed by atoms with Gasteiger partial charge in [-0.25, -0.2) is 0 Å². The molecule has 0 aromatic carbocycles. The van der Waals surface area contributed by atoms with Crippen LogP contribution in [0.3, 0.4) is 0 Å². The molecule has 2 atom stereocenters. The molecule has 0 aromatic heterocycles. The maximum Gasteiger partial charge on any atom is 0.303 e. The molecule has 0 aliphatic heterocycles. The van der Waals surface area contributed by atoms with E-state index >= 15 is 0 Å². The van der Waals surface area contributed by atoms with Gasteiger partial charge in [-0.15, -0.1) is 0 Å². The molecule has 3 heteroatoms. The van der Waals surface area contributed by atoms with Crippen LogP contribution >= 0.6 is 0 Å². The van der Waals surface area contributed by atoms with E-state index < -0.39 is 5.97 Å². The van der Waals surface area contributed by atoms with E-state index in [0.29, 0.717) is 12.5 Å². The Morgan fingerprint density at radius 2 is 1.86 bits per heavy atom. The molecule has 3 nitrogen and oxygen atoms in total. The average Bonchev–Trinajstić information content (AvgIpc) is 1.99. The third-order valence-electron chi connectivity index (χ3n) is 2.62. The predicted octanol–water partition coefficient (Wildman–Crippen LogP) is 2.26. The third-order valence-corrected chi connectivity index (χ3v) is 2.62. The lowest BCUT2D eigenvalue weighted by Gasteiger charge is -2.31. The quantitative estimate of drug-likeness (QED) is 0.717. The Morgan fingerprint density at radius 3 is 2.21 bits per heavy atom. The van der Waals surface area contributed by atoms with Crippen molar-refractivity contribution in [1.82, 2.24) is 5.32 Å². The molecule has 0 amide bonds. The van der Waals surface area contributed by atoms with Crippen LogP contribution in [0.4, 0.5) is 0 Å². The standard InChI is InChI=1S/C11H23NO2/c1-8(6-7-10(13)14)12-9(2)11(3,4)5/h8-9,12H,6-7H2,1-5H3,(H,13,14). The van der Waals surface area contributed by atoms with Gasteiger partial charge >= 0.3 is 5.97 Å². The highest BCUT2D eigenvalue weighted by Gasteiger charge is 2.21. The zero-order valence-corrected chi connectivity index (χ0v) is 9.92. The zero-order chi connectivity index (χ0) is 11.4. The summed E-state index contributed by atoms with van der Waals surface area (Å²) in [6.45, 7) is 10.7. The lowest BCUT2D eigenvalue weighted by molar-refractivity contribution is -0.137. The van der Waals surface area contributed by atoms with Gasteiger partial charge < -0.3 is 10.4 Å². The number of hydrogen-bond donors (Lipinski definition) is 2. The maximum absolute atomic E-state index is 10.4. The molecule has 0 heterocycles. The number of rotatable bonds is 5. The molecule has 0 rings (SSSR count). The highest BCUT2D eigenvalue weighted by Crippen LogP contribution is 2.19. The lowest BCUT2D eigenvalue weighted by atomic mass is 9.87. The molecule has 0 spiro atoms. The van der Waals surface area contributed by atoms with Crippen molar-refractivity contribution < 1.29 is 9.90 Å². The molecular weight excluding hydrogens is 178 g/mol. The summed E-state index contributed by atoms with van der Waals surface area (Å²) in [5.74, 6) is -0.720. The monoisotopic (exact) mass is 201 g/mol. The van der Waals surface area contributed by atoms with Crippen molar-refractivity contribution in [2.75, 3.05) is 0 Å². The first-order valence-electron chi connectivity index (χ1n) is 5.21.